The molecule has 0 spiro atoms. The summed E-state index contributed by atoms with van der Waals surface area (Å²) in [5.74, 6) is 3.57. The molecular weight excluding hydrogens is 334 g/mol. The molecule has 1 saturated carbocycles. The number of fused-ring (bicyclic) bond motifs is 1. The van der Waals surface area contributed by atoms with Gasteiger partial charge in [0.1, 0.15) is 17.5 Å². The van der Waals surface area contributed by atoms with Crippen molar-refractivity contribution >= 4 is 11.6 Å². The van der Waals surface area contributed by atoms with E-state index >= 15 is 0 Å². The number of anilines is 2. The minimum atomic E-state index is 0.109. The number of nitrogens with one attached hydrogen (secondary N) is 1. The van der Waals surface area contributed by atoms with Crippen molar-refractivity contribution in [2.24, 2.45) is 0 Å². The summed E-state index contributed by atoms with van der Waals surface area (Å²) < 4.78 is 0. The van der Waals surface area contributed by atoms with E-state index < -0.39 is 0 Å². The van der Waals surface area contributed by atoms with Crippen LogP contribution in [0.25, 0.3) is 0 Å². The van der Waals surface area contributed by atoms with Crippen LogP contribution in [0.5, 0.6) is 0 Å². The summed E-state index contributed by atoms with van der Waals surface area (Å²) in [6.45, 7) is 8.43. The molecule has 4 rings (SSSR count). The average Bonchev–Trinajstić information content (AvgIpc) is 3.46. The Bertz CT molecular complexity index is 810. The Kier molecular flexibility index (Phi) is 4.81. The fourth-order valence-electron chi connectivity index (χ4n) is 3.94. The summed E-state index contributed by atoms with van der Waals surface area (Å²) in [6, 6.07) is 11.0. The van der Waals surface area contributed by atoms with Crippen molar-refractivity contribution in [2.75, 3.05) is 43.9 Å². The summed E-state index contributed by atoms with van der Waals surface area (Å²) in [6.07, 6.45) is 2.43. The zero-order valence-electron chi connectivity index (χ0n) is 17.0. The molecule has 1 aliphatic heterocycles. The molecule has 0 unspecified atom stereocenters. The van der Waals surface area contributed by atoms with Gasteiger partial charge in [-0.25, -0.2) is 9.97 Å². The molecule has 0 bridgehead atoms. The Balaban J connectivity index is 1.62. The van der Waals surface area contributed by atoms with Gasteiger partial charge in [-0.1, -0.05) is 38.1 Å². The predicted molar refractivity (Wildman–Crippen MR) is 112 cm³/mol. The number of benzene rings is 1. The quantitative estimate of drug-likeness (QED) is 0.847. The van der Waals surface area contributed by atoms with E-state index in [2.05, 4.69) is 73.4 Å². The van der Waals surface area contributed by atoms with Gasteiger partial charge in [-0.2, -0.15) is 0 Å². The van der Waals surface area contributed by atoms with Crippen molar-refractivity contribution in [1.82, 2.24) is 14.9 Å². The lowest BCUT2D eigenvalue weighted by atomic mass is 9.78. The highest BCUT2D eigenvalue weighted by atomic mass is 15.2. The molecule has 1 N–H and O–H groups in total. The van der Waals surface area contributed by atoms with E-state index in [9.17, 15) is 0 Å². The summed E-state index contributed by atoms with van der Waals surface area (Å²) in [7, 11) is 4.19. The topological polar surface area (TPSA) is 44.3 Å². The smallest absolute Gasteiger partial charge is 0.136 e. The van der Waals surface area contributed by atoms with Gasteiger partial charge in [0.15, 0.2) is 0 Å². The average molecular weight is 366 g/mol. The van der Waals surface area contributed by atoms with Gasteiger partial charge in [0, 0.05) is 43.6 Å². The van der Waals surface area contributed by atoms with Crippen LogP contribution in [0.15, 0.2) is 30.3 Å². The van der Waals surface area contributed by atoms with E-state index in [0.717, 1.165) is 43.6 Å². The molecule has 2 aromatic rings. The maximum atomic E-state index is 4.97. The normalized spacial score (nSPS) is 18.5. The Labute approximate surface area is 162 Å². The Morgan fingerprint density at radius 1 is 1.19 bits per heavy atom. The number of likely N-dealkylation sites (N-methyl/N-ethyl adjacent to an activating group) is 1. The van der Waals surface area contributed by atoms with Crippen LogP contribution in [0.1, 0.15) is 49.6 Å². The first-order chi connectivity index (χ1) is 12.9. The highest BCUT2D eigenvalue weighted by molar-refractivity contribution is 5.53. The monoisotopic (exact) mass is 365 g/mol. The predicted octanol–water partition coefficient (Wildman–Crippen LogP) is 3.63. The van der Waals surface area contributed by atoms with E-state index in [-0.39, 0.29) is 5.41 Å². The molecule has 0 amide bonds. The number of hydrogen-bond acceptors (Lipinski definition) is 5. The molecule has 2 aliphatic rings. The first-order valence-corrected chi connectivity index (χ1v) is 10.0. The van der Waals surface area contributed by atoms with Gasteiger partial charge in [0.05, 0.1) is 0 Å². The fraction of sp³-hybridized carbons (Fsp3) is 0.545. The van der Waals surface area contributed by atoms with Gasteiger partial charge >= 0.3 is 0 Å². The lowest BCUT2D eigenvalue weighted by molar-refractivity contribution is 0.425. The molecule has 0 radical (unpaired) electrons. The molecule has 1 aliphatic carbocycles. The summed E-state index contributed by atoms with van der Waals surface area (Å²) in [5, 5.41) is 3.50. The minimum absolute atomic E-state index is 0.109. The van der Waals surface area contributed by atoms with Crippen LogP contribution in [-0.2, 0) is 12.0 Å². The number of aromatic nitrogens is 2. The van der Waals surface area contributed by atoms with Gasteiger partial charge in [0.2, 0.25) is 0 Å². The molecule has 0 atom stereocenters. The summed E-state index contributed by atoms with van der Waals surface area (Å²) in [4.78, 5) is 14.4. The zero-order chi connectivity index (χ0) is 19.0. The second-order valence-electron chi connectivity index (χ2n) is 8.87. The van der Waals surface area contributed by atoms with Crippen molar-refractivity contribution in [2.45, 2.75) is 44.6 Å². The maximum Gasteiger partial charge on any atom is 0.136 e. The van der Waals surface area contributed by atoms with Gasteiger partial charge < -0.3 is 15.1 Å². The van der Waals surface area contributed by atoms with E-state index in [1.54, 1.807) is 0 Å². The molecule has 5 nitrogen and oxygen atoms in total. The van der Waals surface area contributed by atoms with Crippen LogP contribution in [0.2, 0.25) is 0 Å². The molecule has 1 aromatic heterocycles. The molecule has 144 valence electrons. The highest BCUT2D eigenvalue weighted by Crippen LogP contribution is 2.40. The van der Waals surface area contributed by atoms with Crippen LogP contribution in [0.4, 0.5) is 11.6 Å². The second-order valence-corrected chi connectivity index (χ2v) is 8.87. The highest BCUT2D eigenvalue weighted by Gasteiger charge is 2.33. The third-order valence-corrected chi connectivity index (χ3v) is 5.56. The van der Waals surface area contributed by atoms with Crippen LogP contribution >= 0.6 is 0 Å². The van der Waals surface area contributed by atoms with Crippen LogP contribution in [0, 0.1) is 0 Å². The number of hydrogen-bond donors (Lipinski definition) is 1. The van der Waals surface area contributed by atoms with Gasteiger partial charge in [0.25, 0.3) is 0 Å². The fourth-order valence-corrected chi connectivity index (χ4v) is 3.94. The first-order valence-electron chi connectivity index (χ1n) is 10.0. The molecule has 27 heavy (non-hydrogen) atoms. The lowest BCUT2D eigenvalue weighted by Crippen LogP contribution is -2.42. The van der Waals surface area contributed by atoms with E-state index in [1.807, 2.05) is 0 Å². The van der Waals surface area contributed by atoms with E-state index in [4.69, 9.17) is 9.97 Å². The van der Waals surface area contributed by atoms with E-state index in [0.29, 0.717) is 5.92 Å². The standard InChI is InChI=1S/C22H31N5/c1-22(2)15-27(14-17-7-5-6-8-18(17)22)20-13-19(23-11-12-26(3)4)24-21(25-20)16-9-10-16/h5-8,13,16H,9-12,14-15H2,1-4H3,(H,23,24,25). The molecule has 1 aromatic carbocycles. The van der Waals surface area contributed by atoms with Crippen LogP contribution in [0.3, 0.4) is 0 Å². The zero-order valence-corrected chi connectivity index (χ0v) is 17.0. The largest absolute Gasteiger partial charge is 0.369 e. The molecule has 2 heterocycles. The Morgan fingerprint density at radius 2 is 1.96 bits per heavy atom. The second kappa shape index (κ2) is 7.12. The van der Waals surface area contributed by atoms with Crippen molar-refractivity contribution < 1.29 is 0 Å². The van der Waals surface area contributed by atoms with Crippen molar-refractivity contribution in [3.63, 3.8) is 0 Å². The van der Waals surface area contributed by atoms with Gasteiger partial charge in [-0.15, -0.1) is 0 Å². The van der Waals surface area contributed by atoms with Crippen molar-refractivity contribution in [3.05, 3.63) is 47.3 Å². The molecular formula is C22H31N5. The summed E-state index contributed by atoms with van der Waals surface area (Å²) in [5.41, 5.74) is 2.97. The maximum absolute atomic E-state index is 4.97. The van der Waals surface area contributed by atoms with Crippen LogP contribution < -0.4 is 10.2 Å². The lowest BCUT2D eigenvalue weighted by Gasteiger charge is -2.40. The Hall–Kier alpha value is -2.14. The third-order valence-electron chi connectivity index (χ3n) is 5.56. The van der Waals surface area contributed by atoms with Gasteiger partial charge in [-0.05, 0) is 38.1 Å². The van der Waals surface area contributed by atoms with Crippen molar-refractivity contribution in [3.8, 4) is 0 Å². The van der Waals surface area contributed by atoms with Crippen molar-refractivity contribution in [1.29, 1.82) is 0 Å². The molecule has 5 heteroatoms. The molecule has 1 fully saturated rings. The van der Waals surface area contributed by atoms with Crippen LogP contribution in [-0.4, -0.2) is 48.6 Å². The Morgan fingerprint density at radius 3 is 2.70 bits per heavy atom. The van der Waals surface area contributed by atoms with Gasteiger partial charge in [-0.3, -0.25) is 0 Å². The number of rotatable bonds is 6. The number of nitrogens with zero attached hydrogens (tertiary/aromatic N) is 4. The summed E-state index contributed by atoms with van der Waals surface area (Å²) >= 11 is 0. The minimum Gasteiger partial charge on any atom is -0.369 e. The SMILES string of the molecule is CN(C)CCNc1cc(N2Cc3ccccc3C(C)(C)C2)nc(C2CC2)n1. The van der Waals surface area contributed by atoms with E-state index in [1.165, 1.54) is 24.0 Å². The third kappa shape index (κ3) is 4.08. The first kappa shape index (κ1) is 18.2. The molecule has 0 saturated heterocycles.